The Morgan fingerprint density at radius 3 is 0.960 bits per heavy atom. The number of benzene rings is 3. The Balaban J connectivity index is 0.00000156. The van der Waals surface area contributed by atoms with Gasteiger partial charge in [0, 0.05) is 0 Å². The standard InChI is InChI=1S/C18H15O4P.2BrH/c19-23(20-16-10-4-1-5-11-16,21-17-12-6-2-7-13-17)22-18-14-8-3-9-15-18;;/h1-15H;2*1H. The third-order valence-electron chi connectivity index (χ3n) is 2.88. The van der Waals surface area contributed by atoms with E-state index >= 15 is 0 Å². The summed E-state index contributed by atoms with van der Waals surface area (Å²) >= 11 is 0. The van der Waals surface area contributed by atoms with Crippen LogP contribution in [0.5, 0.6) is 17.2 Å². The number of rotatable bonds is 6. The summed E-state index contributed by atoms with van der Waals surface area (Å²) in [6, 6.07) is 26.4. The van der Waals surface area contributed by atoms with Crippen LogP contribution in [0.25, 0.3) is 0 Å². The van der Waals surface area contributed by atoms with Crippen molar-refractivity contribution in [1.29, 1.82) is 0 Å². The van der Waals surface area contributed by atoms with Crippen LogP contribution in [0.1, 0.15) is 0 Å². The van der Waals surface area contributed by atoms with Gasteiger partial charge in [0.2, 0.25) is 0 Å². The highest BCUT2D eigenvalue weighted by Gasteiger charge is 2.33. The Kier molecular flexibility index (Phi) is 8.76. The van der Waals surface area contributed by atoms with Crippen molar-refractivity contribution in [2.75, 3.05) is 0 Å². The van der Waals surface area contributed by atoms with E-state index < -0.39 is 7.82 Å². The Labute approximate surface area is 167 Å². The van der Waals surface area contributed by atoms with Gasteiger partial charge in [0.15, 0.2) is 0 Å². The summed E-state index contributed by atoms with van der Waals surface area (Å²) in [6.45, 7) is 0. The average molecular weight is 488 g/mol. The van der Waals surface area contributed by atoms with Gasteiger partial charge in [-0.15, -0.1) is 34.0 Å². The van der Waals surface area contributed by atoms with Gasteiger partial charge in [-0.1, -0.05) is 54.6 Å². The van der Waals surface area contributed by atoms with Crippen molar-refractivity contribution in [2.24, 2.45) is 0 Å². The van der Waals surface area contributed by atoms with E-state index in [1.54, 1.807) is 72.8 Å². The van der Waals surface area contributed by atoms with E-state index in [0.717, 1.165) is 0 Å². The lowest BCUT2D eigenvalue weighted by molar-refractivity contribution is 0.298. The maximum absolute atomic E-state index is 13.1. The molecular formula is C18H17Br2O4P. The van der Waals surface area contributed by atoms with Gasteiger partial charge in [0.05, 0.1) is 0 Å². The van der Waals surface area contributed by atoms with E-state index in [-0.39, 0.29) is 34.0 Å². The van der Waals surface area contributed by atoms with Crippen molar-refractivity contribution in [2.45, 2.75) is 0 Å². The van der Waals surface area contributed by atoms with Crippen molar-refractivity contribution in [3.8, 4) is 17.2 Å². The number of para-hydroxylation sites is 3. The molecule has 0 aliphatic carbocycles. The van der Waals surface area contributed by atoms with Crippen molar-refractivity contribution in [3.63, 3.8) is 0 Å². The lowest BCUT2D eigenvalue weighted by Gasteiger charge is -2.19. The number of hydrogen-bond acceptors (Lipinski definition) is 4. The van der Waals surface area contributed by atoms with Gasteiger partial charge in [-0.3, -0.25) is 0 Å². The summed E-state index contributed by atoms with van der Waals surface area (Å²) in [4.78, 5) is 0. The SMILES string of the molecule is Br.Br.O=P(Oc1ccccc1)(Oc1ccccc1)Oc1ccccc1. The Morgan fingerprint density at radius 1 is 0.480 bits per heavy atom. The van der Waals surface area contributed by atoms with E-state index in [9.17, 15) is 4.57 Å². The molecule has 0 spiro atoms. The fourth-order valence-corrected chi connectivity index (χ4v) is 3.14. The molecule has 0 unspecified atom stereocenters. The monoisotopic (exact) mass is 486 g/mol. The first-order valence-corrected chi connectivity index (χ1v) is 8.54. The molecule has 0 atom stereocenters. The lowest BCUT2D eigenvalue weighted by atomic mass is 10.3. The van der Waals surface area contributed by atoms with Gasteiger partial charge in [0.1, 0.15) is 17.2 Å². The van der Waals surface area contributed by atoms with Crippen LogP contribution in [0.15, 0.2) is 91.0 Å². The molecular weight excluding hydrogens is 471 g/mol. The first-order valence-electron chi connectivity index (χ1n) is 7.07. The molecule has 0 N–H and O–H groups in total. The highest BCUT2D eigenvalue weighted by molar-refractivity contribution is 8.93. The quantitative estimate of drug-likeness (QED) is 0.373. The van der Waals surface area contributed by atoms with Crippen LogP contribution >= 0.6 is 41.8 Å². The molecule has 25 heavy (non-hydrogen) atoms. The number of phosphoric ester groups is 1. The Bertz CT molecular complexity index is 678. The molecule has 3 aromatic carbocycles. The highest BCUT2D eigenvalue weighted by Crippen LogP contribution is 2.49. The molecule has 0 aromatic heterocycles. The lowest BCUT2D eigenvalue weighted by Crippen LogP contribution is -2.07. The van der Waals surface area contributed by atoms with Crippen LogP contribution in [-0.2, 0) is 4.57 Å². The summed E-state index contributed by atoms with van der Waals surface area (Å²) in [5.41, 5.74) is 0. The van der Waals surface area contributed by atoms with Gasteiger partial charge >= 0.3 is 7.82 Å². The van der Waals surface area contributed by atoms with E-state index in [1.807, 2.05) is 18.2 Å². The number of hydrogen-bond donors (Lipinski definition) is 0. The maximum Gasteiger partial charge on any atom is 0.647 e. The molecule has 4 nitrogen and oxygen atoms in total. The van der Waals surface area contributed by atoms with E-state index in [2.05, 4.69) is 0 Å². The third-order valence-corrected chi connectivity index (χ3v) is 4.18. The molecule has 3 aromatic rings. The number of halogens is 2. The normalized spacial score (nSPS) is 9.92. The van der Waals surface area contributed by atoms with Crippen molar-refractivity contribution >= 4 is 41.8 Å². The first kappa shape index (κ1) is 21.3. The molecule has 3 rings (SSSR count). The molecule has 0 radical (unpaired) electrons. The van der Waals surface area contributed by atoms with Gasteiger partial charge in [-0.2, -0.15) is 4.57 Å². The van der Waals surface area contributed by atoms with E-state index in [4.69, 9.17) is 13.6 Å². The zero-order valence-corrected chi connectivity index (χ0v) is 17.4. The van der Waals surface area contributed by atoms with Crippen LogP contribution in [0.3, 0.4) is 0 Å². The molecule has 0 fully saturated rings. The van der Waals surface area contributed by atoms with Crippen LogP contribution in [0, 0.1) is 0 Å². The van der Waals surface area contributed by atoms with Gasteiger partial charge < -0.3 is 13.6 Å². The van der Waals surface area contributed by atoms with Crippen molar-refractivity contribution in [1.82, 2.24) is 0 Å². The summed E-state index contributed by atoms with van der Waals surface area (Å²) in [5, 5.41) is 0. The summed E-state index contributed by atoms with van der Waals surface area (Å²) < 4.78 is 29.6. The number of phosphoric acid groups is 1. The predicted molar refractivity (Wildman–Crippen MR) is 109 cm³/mol. The molecule has 0 aliphatic heterocycles. The highest BCUT2D eigenvalue weighted by atomic mass is 79.9. The second-order valence-corrected chi connectivity index (χ2v) is 6.10. The zero-order valence-electron chi connectivity index (χ0n) is 13.1. The topological polar surface area (TPSA) is 44.8 Å². The first-order chi connectivity index (χ1) is 11.2. The molecule has 0 saturated carbocycles. The summed E-state index contributed by atoms with van der Waals surface area (Å²) in [6.07, 6.45) is 0. The minimum atomic E-state index is -3.89. The maximum atomic E-state index is 13.1. The largest absolute Gasteiger partial charge is 0.647 e. The third kappa shape index (κ3) is 6.58. The van der Waals surface area contributed by atoms with Crippen molar-refractivity contribution < 1.29 is 18.1 Å². The van der Waals surface area contributed by atoms with Crippen LogP contribution in [0.2, 0.25) is 0 Å². The molecule has 0 amide bonds. The second kappa shape index (κ2) is 10.3. The fraction of sp³-hybridized carbons (Fsp3) is 0. The predicted octanol–water partition coefficient (Wildman–Crippen LogP) is 6.49. The molecule has 7 heteroatoms. The molecule has 0 saturated heterocycles. The summed E-state index contributed by atoms with van der Waals surface area (Å²) in [7, 11) is -3.89. The van der Waals surface area contributed by atoms with Gasteiger partial charge in [-0.05, 0) is 36.4 Å². The minimum absolute atomic E-state index is 0. The van der Waals surface area contributed by atoms with Gasteiger partial charge in [-0.25, -0.2) is 0 Å². The van der Waals surface area contributed by atoms with Crippen LogP contribution < -0.4 is 13.6 Å². The van der Waals surface area contributed by atoms with Crippen LogP contribution in [0.4, 0.5) is 0 Å². The summed E-state index contributed by atoms with van der Waals surface area (Å²) in [5.74, 6) is 1.22. The van der Waals surface area contributed by atoms with E-state index in [0.29, 0.717) is 17.2 Å². The van der Waals surface area contributed by atoms with Gasteiger partial charge in [0.25, 0.3) is 0 Å². The van der Waals surface area contributed by atoms with Crippen LogP contribution in [-0.4, -0.2) is 0 Å². The minimum Gasteiger partial charge on any atom is -0.386 e. The average Bonchev–Trinajstić information content (AvgIpc) is 2.57. The molecule has 0 heterocycles. The van der Waals surface area contributed by atoms with Crippen molar-refractivity contribution in [3.05, 3.63) is 91.0 Å². The molecule has 132 valence electrons. The second-order valence-electron chi connectivity index (χ2n) is 4.66. The zero-order chi connectivity index (χ0) is 16.0. The molecule has 0 bridgehead atoms. The fourth-order valence-electron chi connectivity index (χ4n) is 1.89. The Hall–Kier alpha value is -1.75. The molecule has 0 aliphatic rings. The Morgan fingerprint density at radius 2 is 0.720 bits per heavy atom. The van der Waals surface area contributed by atoms with E-state index in [1.165, 1.54) is 0 Å². The smallest absolute Gasteiger partial charge is 0.386 e.